The smallest absolute Gasteiger partial charge is 0.196 e. The summed E-state index contributed by atoms with van der Waals surface area (Å²) in [5.74, 6) is 1.56. The topological polar surface area (TPSA) is 34.5 Å². The molecule has 0 aliphatic carbocycles. The van der Waals surface area contributed by atoms with Gasteiger partial charge < -0.3 is 4.74 Å². The molecule has 0 bridgehead atoms. The number of hydrogen-bond donors (Lipinski definition) is 0. The van der Waals surface area contributed by atoms with Gasteiger partial charge in [0.25, 0.3) is 0 Å². The van der Waals surface area contributed by atoms with Gasteiger partial charge in [-0.15, -0.1) is 0 Å². The number of hydrogen-bond acceptors (Lipinski definition) is 3. The van der Waals surface area contributed by atoms with E-state index in [1.807, 2.05) is 19.1 Å². The Bertz CT molecular complexity index is 404. The summed E-state index contributed by atoms with van der Waals surface area (Å²) in [7, 11) is 0. The van der Waals surface area contributed by atoms with Crippen LogP contribution in [0.1, 0.15) is 39.4 Å². The number of nitrogens with zero attached hydrogens (tertiary/aromatic N) is 2. The van der Waals surface area contributed by atoms with Gasteiger partial charge in [0, 0.05) is 17.2 Å². The van der Waals surface area contributed by atoms with E-state index in [2.05, 4.69) is 30.7 Å². The second-order valence-electron chi connectivity index (χ2n) is 4.84. The lowest BCUT2D eigenvalue weighted by molar-refractivity contribution is 0.178. The van der Waals surface area contributed by atoms with E-state index < -0.39 is 0 Å². The average molecular weight is 204 g/mol. The highest BCUT2D eigenvalue weighted by Gasteiger charge is 2.28. The summed E-state index contributed by atoms with van der Waals surface area (Å²) in [6.45, 7) is 8.30. The molecule has 3 nitrogen and oxygen atoms in total. The van der Waals surface area contributed by atoms with Crippen LogP contribution in [-0.4, -0.2) is 10.9 Å². The Morgan fingerprint density at radius 3 is 2.73 bits per heavy atom. The first-order valence-corrected chi connectivity index (χ1v) is 5.19. The maximum Gasteiger partial charge on any atom is 0.196 e. The predicted molar refractivity (Wildman–Crippen MR) is 60.3 cm³/mol. The molecule has 1 aliphatic heterocycles. The minimum Gasteiger partial charge on any atom is -0.472 e. The zero-order valence-corrected chi connectivity index (χ0v) is 9.61. The lowest BCUT2D eigenvalue weighted by Crippen LogP contribution is -2.27. The molecule has 80 valence electrons. The lowest BCUT2D eigenvalue weighted by atomic mass is 9.95. The monoisotopic (exact) mass is 204 g/mol. The molecular formula is C12H16N2O. The maximum absolute atomic E-state index is 5.79. The molecule has 1 aliphatic rings. The van der Waals surface area contributed by atoms with Crippen LogP contribution in [0.5, 0.6) is 0 Å². The fraction of sp³-hybridized carbons (Fsp3) is 0.500. The van der Waals surface area contributed by atoms with Crippen LogP contribution in [-0.2, 0) is 4.74 Å². The van der Waals surface area contributed by atoms with Crippen LogP contribution in [0.25, 0.3) is 0 Å². The van der Waals surface area contributed by atoms with Crippen LogP contribution in [0.15, 0.2) is 23.3 Å². The van der Waals surface area contributed by atoms with Gasteiger partial charge in [-0.05, 0) is 13.0 Å². The SMILES string of the molecule is CC1OC(C(C)(C)C)=Nc2ncccc21. The van der Waals surface area contributed by atoms with Gasteiger partial charge in [-0.25, -0.2) is 4.98 Å². The first kappa shape index (κ1) is 10.1. The standard InChI is InChI=1S/C12H16N2O/c1-8-9-6-5-7-13-10(9)14-11(15-8)12(2,3)4/h5-8H,1-4H3. The highest BCUT2D eigenvalue weighted by molar-refractivity contribution is 5.85. The van der Waals surface area contributed by atoms with E-state index in [9.17, 15) is 0 Å². The van der Waals surface area contributed by atoms with E-state index in [1.54, 1.807) is 6.20 Å². The quantitative estimate of drug-likeness (QED) is 0.650. The Morgan fingerprint density at radius 2 is 2.07 bits per heavy atom. The Hall–Kier alpha value is -1.38. The molecule has 0 saturated heterocycles. The summed E-state index contributed by atoms with van der Waals surface area (Å²) < 4.78 is 5.79. The Labute approximate surface area is 90.2 Å². The van der Waals surface area contributed by atoms with Crippen LogP contribution < -0.4 is 0 Å². The summed E-state index contributed by atoms with van der Waals surface area (Å²) in [4.78, 5) is 8.72. The van der Waals surface area contributed by atoms with Gasteiger partial charge in [-0.1, -0.05) is 26.8 Å². The van der Waals surface area contributed by atoms with E-state index in [0.29, 0.717) is 0 Å². The van der Waals surface area contributed by atoms with Crippen molar-refractivity contribution in [1.29, 1.82) is 0 Å². The molecule has 1 atom stereocenters. The summed E-state index contributed by atoms with van der Waals surface area (Å²) in [5, 5.41) is 0. The number of pyridine rings is 1. The van der Waals surface area contributed by atoms with Gasteiger partial charge in [0.05, 0.1) is 0 Å². The third-order valence-corrected chi connectivity index (χ3v) is 2.39. The van der Waals surface area contributed by atoms with Gasteiger partial charge in [-0.3, -0.25) is 0 Å². The first-order valence-electron chi connectivity index (χ1n) is 5.19. The third-order valence-electron chi connectivity index (χ3n) is 2.39. The van der Waals surface area contributed by atoms with Gasteiger partial charge in [0.15, 0.2) is 11.7 Å². The normalized spacial score (nSPS) is 20.3. The van der Waals surface area contributed by atoms with Gasteiger partial charge in [-0.2, -0.15) is 4.99 Å². The highest BCUT2D eigenvalue weighted by Crippen LogP contribution is 2.34. The van der Waals surface area contributed by atoms with Gasteiger partial charge >= 0.3 is 0 Å². The van der Waals surface area contributed by atoms with E-state index in [-0.39, 0.29) is 11.5 Å². The van der Waals surface area contributed by atoms with Gasteiger partial charge in [0.1, 0.15) is 6.10 Å². The molecule has 0 N–H and O–H groups in total. The summed E-state index contributed by atoms with van der Waals surface area (Å²) in [6.07, 6.45) is 1.81. The van der Waals surface area contributed by atoms with E-state index in [1.165, 1.54) is 0 Å². The van der Waals surface area contributed by atoms with Crippen molar-refractivity contribution in [2.75, 3.05) is 0 Å². The molecule has 3 heteroatoms. The summed E-state index contributed by atoms with van der Waals surface area (Å²) in [6, 6.07) is 3.92. The average Bonchev–Trinajstić information content (AvgIpc) is 2.16. The molecule has 0 spiro atoms. The zero-order valence-electron chi connectivity index (χ0n) is 9.61. The van der Waals surface area contributed by atoms with Crippen molar-refractivity contribution in [2.24, 2.45) is 10.4 Å². The van der Waals surface area contributed by atoms with Crippen molar-refractivity contribution in [3.05, 3.63) is 23.9 Å². The molecule has 0 radical (unpaired) electrons. The van der Waals surface area contributed by atoms with Crippen LogP contribution in [0.2, 0.25) is 0 Å². The first-order chi connectivity index (χ1) is 6.98. The van der Waals surface area contributed by atoms with Crippen molar-refractivity contribution < 1.29 is 4.74 Å². The molecule has 1 unspecified atom stereocenters. The van der Waals surface area contributed by atoms with Crippen molar-refractivity contribution in [1.82, 2.24) is 4.98 Å². The van der Waals surface area contributed by atoms with E-state index >= 15 is 0 Å². The van der Waals surface area contributed by atoms with Crippen LogP contribution in [0.4, 0.5) is 5.82 Å². The highest BCUT2D eigenvalue weighted by atomic mass is 16.5. The van der Waals surface area contributed by atoms with E-state index in [4.69, 9.17) is 4.74 Å². The van der Waals surface area contributed by atoms with Gasteiger partial charge in [0.2, 0.25) is 0 Å². The molecule has 0 aromatic carbocycles. The summed E-state index contributed by atoms with van der Waals surface area (Å²) >= 11 is 0. The fourth-order valence-corrected chi connectivity index (χ4v) is 1.52. The Balaban J connectivity index is 2.48. The Morgan fingerprint density at radius 1 is 1.33 bits per heavy atom. The van der Waals surface area contributed by atoms with Crippen LogP contribution in [0.3, 0.4) is 0 Å². The van der Waals surface area contributed by atoms with Crippen molar-refractivity contribution >= 4 is 11.7 Å². The molecule has 2 rings (SSSR count). The third kappa shape index (κ3) is 1.87. The maximum atomic E-state index is 5.79. The number of rotatable bonds is 0. The second-order valence-corrected chi connectivity index (χ2v) is 4.84. The minimum atomic E-state index is -0.0660. The molecule has 0 fully saturated rings. The summed E-state index contributed by atoms with van der Waals surface area (Å²) in [5.41, 5.74) is 0.995. The van der Waals surface area contributed by atoms with Crippen molar-refractivity contribution in [2.45, 2.75) is 33.8 Å². The molecule has 1 aromatic heterocycles. The number of fused-ring (bicyclic) bond motifs is 1. The number of aromatic nitrogens is 1. The number of aliphatic imine (C=N–C) groups is 1. The molecule has 15 heavy (non-hydrogen) atoms. The Kier molecular flexibility index (Phi) is 2.25. The molecule has 0 amide bonds. The van der Waals surface area contributed by atoms with Crippen LogP contribution in [0, 0.1) is 5.41 Å². The zero-order chi connectivity index (χ0) is 11.1. The second kappa shape index (κ2) is 3.33. The molecule has 1 aromatic rings. The molecule has 0 saturated carbocycles. The fourth-order valence-electron chi connectivity index (χ4n) is 1.52. The van der Waals surface area contributed by atoms with Crippen LogP contribution >= 0.6 is 0 Å². The predicted octanol–water partition coefficient (Wildman–Crippen LogP) is 3.25. The largest absolute Gasteiger partial charge is 0.472 e. The number of ether oxygens (including phenoxy) is 1. The molecular weight excluding hydrogens is 188 g/mol. The molecule has 2 heterocycles. The van der Waals surface area contributed by atoms with Crippen molar-refractivity contribution in [3.8, 4) is 0 Å². The van der Waals surface area contributed by atoms with E-state index in [0.717, 1.165) is 17.3 Å². The minimum absolute atomic E-state index is 0.0421. The van der Waals surface area contributed by atoms with Crippen molar-refractivity contribution in [3.63, 3.8) is 0 Å². The lowest BCUT2D eigenvalue weighted by Gasteiger charge is -2.29.